The first-order chi connectivity index (χ1) is 9.95. The minimum Gasteiger partial charge on any atom is -0.319 e. The Morgan fingerprint density at radius 3 is 2.57 bits per heavy atom. The molecule has 1 atom stereocenters. The van der Waals surface area contributed by atoms with E-state index >= 15 is 0 Å². The third-order valence-corrected chi connectivity index (χ3v) is 4.04. The van der Waals surface area contributed by atoms with E-state index in [0.29, 0.717) is 22.4 Å². The van der Waals surface area contributed by atoms with Gasteiger partial charge < -0.3 is 4.57 Å². The molecule has 0 amide bonds. The molecule has 0 saturated carbocycles. The molecule has 0 radical (unpaired) electrons. The standard InChI is InChI=1S/C13H12Cl3N5/c1-7(14)13-18-10-3-8(15)9(16)4-11(10)21(13)5-12-17-6-20(2)19-12/h3-4,6-7H,5H2,1-2H3. The Morgan fingerprint density at radius 1 is 1.24 bits per heavy atom. The Labute approximate surface area is 136 Å². The maximum absolute atomic E-state index is 6.24. The van der Waals surface area contributed by atoms with E-state index < -0.39 is 0 Å². The molecule has 1 unspecified atom stereocenters. The summed E-state index contributed by atoms with van der Waals surface area (Å²) in [5, 5.41) is 4.99. The highest BCUT2D eigenvalue weighted by atomic mass is 35.5. The second kappa shape index (κ2) is 5.48. The summed E-state index contributed by atoms with van der Waals surface area (Å²) in [6.07, 6.45) is 1.65. The van der Waals surface area contributed by atoms with Crippen molar-refractivity contribution in [2.45, 2.75) is 18.8 Å². The quantitative estimate of drug-likeness (QED) is 0.679. The third kappa shape index (κ3) is 2.73. The number of benzene rings is 1. The third-order valence-electron chi connectivity index (χ3n) is 3.12. The highest BCUT2D eigenvalue weighted by Gasteiger charge is 2.17. The van der Waals surface area contributed by atoms with Gasteiger partial charge >= 0.3 is 0 Å². The van der Waals surface area contributed by atoms with Gasteiger partial charge in [0.05, 0.1) is 33.0 Å². The molecule has 0 N–H and O–H groups in total. The molecule has 1 aromatic carbocycles. The van der Waals surface area contributed by atoms with Gasteiger partial charge in [-0.15, -0.1) is 11.6 Å². The second-order valence-corrected chi connectivity index (χ2v) is 6.23. The van der Waals surface area contributed by atoms with E-state index in [4.69, 9.17) is 34.8 Å². The fraction of sp³-hybridized carbons (Fsp3) is 0.308. The number of hydrogen-bond acceptors (Lipinski definition) is 3. The van der Waals surface area contributed by atoms with Crippen molar-refractivity contribution in [2.24, 2.45) is 7.05 Å². The lowest BCUT2D eigenvalue weighted by atomic mass is 10.3. The molecule has 8 heteroatoms. The van der Waals surface area contributed by atoms with Crippen LogP contribution in [0.3, 0.4) is 0 Å². The molecule has 0 bridgehead atoms. The Morgan fingerprint density at radius 2 is 1.95 bits per heavy atom. The zero-order valence-electron chi connectivity index (χ0n) is 11.4. The molecule has 0 aliphatic carbocycles. The number of alkyl halides is 1. The summed E-state index contributed by atoms with van der Waals surface area (Å²) in [5.41, 5.74) is 1.61. The fourth-order valence-corrected chi connectivity index (χ4v) is 2.69. The van der Waals surface area contributed by atoms with E-state index in [2.05, 4.69) is 15.1 Å². The molecule has 3 aromatic rings. The molecule has 110 valence electrons. The van der Waals surface area contributed by atoms with Gasteiger partial charge in [0.2, 0.25) is 0 Å². The van der Waals surface area contributed by atoms with Crippen LogP contribution in [0.5, 0.6) is 0 Å². The highest BCUT2D eigenvalue weighted by Crippen LogP contribution is 2.31. The van der Waals surface area contributed by atoms with Gasteiger partial charge in [-0.2, -0.15) is 5.10 Å². The summed E-state index contributed by atoms with van der Waals surface area (Å²) in [4.78, 5) is 8.78. The predicted molar refractivity (Wildman–Crippen MR) is 84.1 cm³/mol. The van der Waals surface area contributed by atoms with E-state index in [9.17, 15) is 0 Å². The van der Waals surface area contributed by atoms with Crippen LogP contribution in [0, 0.1) is 0 Å². The number of aryl methyl sites for hydroxylation is 1. The summed E-state index contributed by atoms with van der Waals surface area (Å²) in [7, 11) is 1.82. The van der Waals surface area contributed by atoms with Crippen LogP contribution < -0.4 is 0 Å². The van der Waals surface area contributed by atoms with Crippen LogP contribution in [0.2, 0.25) is 10.0 Å². The molecule has 5 nitrogen and oxygen atoms in total. The lowest BCUT2D eigenvalue weighted by molar-refractivity contribution is 0.684. The van der Waals surface area contributed by atoms with Crippen molar-refractivity contribution in [1.29, 1.82) is 0 Å². The number of fused-ring (bicyclic) bond motifs is 1. The fourth-order valence-electron chi connectivity index (χ4n) is 2.21. The maximum atomic E-state index is 6.24. The number of hydrogen-bond donors (Lipinski definition) is 0. The Hall–Kier alpha value is -1.30. The normalized spacial score (nSPS) is 13.0. The molecular formula is C13H12Cl3N5. The average molecular weight is 345 g/mol. The SMILES string of the molecule is CC(Cl)c1nc2cc(Cl)c(Cl)cc2n1Cc1ncn(C)n1. The van der Waals surface area contributed by atoms with E-state index in [-0.39, 0.29) is 5.38 Å². The van der Waals surface area contributed by atoms with Crippen LogP contribution in [-0.4, -0.2) is 24.3 Å². The zero-order chi connectivity index (χ0) is 15.1. The summed E-state index contributed by atoms with van der Waals surface area (Å²) in [5.74, 6) is 1.42. The van der Waals surface area contributed by atoms with Crippen LogP contribution >= 0.6 is 34.8 Å². The van der Waals surface area contributed by atoms with Gasteiger partial charge in [-0.05, 0) is 19.1 Å². The Kier molecular flexibility index (Phi) is 3.82. The average Bonchev–Trinajstić information content (AvgIpc) is 2.96. The molecule has 2 heterocycles. The Balaban J connectivity index is 2.17. The minimum absolute atomic E-state index is 0.251. The molecule has 21 heavy (non-hydrogen) atoms. The minimum atomic E-state index is -0.251. The van der Waals surface area contributed by atoms with Crippen LogP contribution in [-0.2, 0) is 13.6 Å². The Bertz CT molecular complexity index is 806. The lowest BCUT2D eigenvalue weighted by Crippen LogP contribution is -2.07. The maximum Gasteiger partial charge on any atom is 0.170 e. The summed E-state index contributed by atoms with van der Waals surface area (Å²) in [6, 6.07) is 3.53. The van der Waals surface area contributed by atoms with Gasteiger partial charge in [-0.25, -0.2) is 9.97 Å². The van der Waals surface area contributed by atoms with Crippen molar-refractivity contribution >= 4 is 45.8 Å². The van der Waals surface area contributed by atoms with Gasteiger partial charge in [0, 0.05) is 7.05 Å². The molecule has 0 aliphatic heterocycles. The van der Waals surface area contributed by atoms with Crippen molar-refractivity contribution in [3.8, 4) is 0 Å². The monoisotopic (exact) mass is 343 g/mol. The van der Waals surface area contributed by atoms with Gasteiger partial charge in [-0.3, -0.25) is 4.68 Å². The summed E-state index contributed by atoms with van der Waals surface area (Å²) >= 11 is 18.4. The predicted octanol–water partition coefficient (Wildman–Crippen LogP) is 3.82. The number of nitrogens with zero attached hydrogens (tertiary/aromatic N) is 5. The topological polar surface area (TPSA) is 48.5 Å². The van der Waals surface area contributed by atoms with Crippen molar-refractivity contribution < 1.29 is 0 Å². The van der Waals surface area contributed by atoms with Crippen molar-refractivity contribution in [3.63, 3.8) is 0 Å². The van der Waals surface area contributed by atoms with Gasteiger partial charge in [-0.1, -0.05) is 23.2 Å². The largest absolute Gasteiger partial charge is 0.319 e. The molecule has 0 aliphatic rings. The van der Waals surface area contributed by atoms with Crippen LogP contribution in [0.4, 0.5) is 0 Å². The van der Waals surface area contributed by atoms with Crippen LogP contribution in [0.25, 0.3) is 11.0 Å². The first-order valence-electron chi connectivity index (χ1n) is 6.29. The van der Waals surface area contributed by atoms with Crippen molar-refractivity contribution in [2.75, 3.05) is 0 Å². The van der Waals surface area contributed by atoms with Crippen molar-refractivity contribution in [1.82, 2.24) is 24.3 Å². The number of halogens is 3. The van der Waals surface area contributed by atoms with E-state index in [1.165, 1.54) is 0 Å². The van der Waals surface area contributed by atoms with E-state index in [1.807, 2.05) is 18.5 Å². The summed E-state index contributed by atoms with van der Waals surface area (Å²) in [6.45, 7) is 2.34. The number of aromatic nitrogens is 5. The smallest absolute Gasteiger partial charge is 0.170 e. The van der Waals surface area contributed by atoms with E-state index in [0.717, 1.165) is 16.9 Å². The molecule has 3 rings (SSSR count). The molecule has 0 spiro atoms. The second-order valence-electron chi connectivity index (χ2n) is 4.76. The van der Waals surface area contributed by atoms with Gasteiger partial charge in [0.1, 0.15) is 12.2 Å². The molecular weight excluding hydrogens is 333 g/mol. The molecule has 0 fully saturated rings. The van der Waals surface area contributed by atoms with E-state index in [1.54, 1.807) is 23.1 Å². The highest BCUT2D eigenvalue weighted by molar-refractivity contribution is 6.42. The van der Waals surface area contributed by atoms with Crippen molar-refractivity contribution in [3.05, 3.63) is 40.2 Å². The first kappa shape index (κ1) is 14.6. The number of imidazole rings is 1. The number of rotatable bonds is 3. The van der Waals surface area contributed by atoms with Crippen LogP contribution in [0.15, 0.2) is 18.5 Å². The van der Waals surface area contributed by atoms with Gasteiger partial charge in [0.15, 0.2) is 5.82 Å². The summed E-state index contributed by atoms with van der Waals surface area (Å²) < 4.78 is 3.62. The molecule has 2 aromatic heterocycles. The lowest BCUT2D eigenvalue weighted by Gasteiger charge is -2.08. The van der Waals surface area contributed by atoms with Crippen LogP contribution in [0.1, 0.15) is 23.9 Å². The molecule has 0 saturated heterocycles. The zero-order valence-corrected chi connectivity index (χ0v) is 13.7. The first-order valence-corrected chi connectivity index (χ1v) is 7.48. The van der Waals surface area contributed by atoms with Gasteiger partial charge in [0.25, 0.3) is 0 Å².